The molecule has 0 bridgehead atoms. The highest BCUT2D eigenvalue weighted by molar-refractivity contribution is 7.53. The first-order valence-corrected chi connectivity index (χ1v) is 12.6. The van der Waals surface area contributed by atoms with Crippen LogP contribution in [0.1, 0.15) is 85.9 Å². The van der Waals surface area contributed by atoms with Crippen LogP contribution in [0.4, 0.5) is 0 Å². The first-order valence-electron chi connectivity index (χ1n) is 10.9. The van der Waals surface area contributed by atoms with Gasteiger partial charge in [0, 0.05) is 6.54 Å². The number of hydrogen-bond acceptors (Lipinski definition) is 5. The minimum absolute atomic E-state index is 0.165. The number of imide groups is 1. The highest BCUT2D eigenvalue weighted by Crippen LogP contribution is 2.48. The molecule has 0 aromatic heterocycles. The second kappa shape index (κ2) is 12.3. The maximum atomic E-state index is 12.4. The van der Waals surface area contributed by atoms with E-state index in [0.29, 0.717) is 37.0 Å². The van der Waals surface area contributed by atoms with E-state index in [2.05, 4.69) is 0 Å². The van der Waals surface area contributed by atoms with Crippen molar-refractivity contribution in [1.82, 2.24) is 4.90 Å². The molecule has 0 radical (unpaired) electrons. The molecular formula is C22H34NO5P. The van der Waals surface area contributed by atoms with E-state index in [1.807, 2.05) is 13.8 Å². The standard InChI is InChI=1S/C22H34NO5P/c1-3-27-29(26,28-4-2)18-14-10-8-6-5-7-9-13-17-23-21(24)19-15-11-12-16-20(19)22(23)25/h11-12,15-16H,3-10,13-14,17-18H2,1-2H3. The van der Waals surface area contributed by atoms with Crippen LogP contribution in [0.5, 0.6) is 0 Å². The molecule has 1 aromatic rings. The summed E-state index contributed by atoms with van der Waals surface area (Å²) in [5.74, 6) is -0.330. The zero-order valence-electron chi connectivity index (χ0n) is 17.7. The fourth-order valence-electron chi connectivity index (χ4n) is 3.64. The van der Waals surface area contributed by atoms with Crippen molar-refractivity contribution in [2.45, 2.75) is 65.2 Å². The average Bonchev–Trinajstić information content (AvgIpc) is 2.94. The van der Waals surface area contributed by atoms with Crippen LogP contribution in [0.2, 0.25) is 0 Å². The topological polar surface area (TPSA) is 72.9 Å². The van der Waals surface area contributed by atoms with E-state index >= 15 is 0 Å². The van der Waals surface area contributed by atoms with Gasteiger partial charge >= 0.3 is 7.60 Å². The van der Waals surface area contributed by atoms with Crippen LogP contribution in [0.25, 0.3) is 0 Å². The Morgan fingerprint density at radius 1 is 0.759 bits per heavy atom. The lowest BCUT2D eigenvalue weighted by Gasteiger charge is -2.16. The largest absolute Gasteiger partial charge is 0.330 e. The summed E-state index contributed by atoms with van der Waals surface area (Å²) in [4.78, 5) is 26.0. The molecular weight excluding hydrogens is 389 g/mol. The number of benzene rings is 1. The molecule has 162 valence electrons. The van der Waals surface area contributed by atoms with Crippen molar-refractivity contribution < 1.29 is 23.2 Å². The molecule has 0 fully saturated rings. The van der Waals surface area contributed by atoms with E-state index in [1.165, 1.54) is 4.90 Å². The van der Waals surface area contributed by atoms with E-state index in [1.54, 1.807) is 24.3 Å². The van der Waals surface area contributed by atoms with Crippen molar-refractivity contribution in [2.75, 3.05) is 25.9 Å². The van der Waals surface area contributed by atoms with E-state index < -0.39 is 7.60 Å². The minimum atomic E-state index is -2.89. The molecule has 1 aliphatic rings. The summed E-state index contributed by atoms with van der Waals surface area (Å²) in [6.45, 7) is 4.99. The zero-order valence-corrected chi connectivity index (χ0v) is 18.6. The first-order chi connectivity index (χ1) is 14.0. The van der Waals surface area contributed by atoms with Crippen LogP contribution in [-0.2, 0) is 13.6 Å². The number of carbonyl (C=O) groups is 2. The lowest BCUT2D eigenvalue weighted by atomic mass is 10.1. The molecule has 0 saturated heterocycles. The highest BCUT2D eigenvalue weighted by atomic mass is 31.2. The molecule has 0 unspecified atom stereocenters. The van der Waals surface area contributed by atoms with Gasteiger partial charge in [0.15, 0.2) is 0 Å². The number of fused-ring (bicyclic) bond motifs is 1. The monoisotopic (exact) mass is 423 g/mol. The van der Waals surface area contributed by atoms with Gasteiger partial charge in [0.05, 0.1) is 30.5 Å². The Labute approximate surface area is 174 Å². The van der Waals surface area contributed by atoms with Crippen LogP contribution < -0.4 is 0 Å². The SMILES string of the molecule is CCOP(=O)(CCCCCCCCCCN1C(=O)c2ccccc2C1=O)OCC. The lowest BCUT2D eigenvalue weighted by molar-refractivity contribution is 0.0651. The summed E-state index contributed by atoms with van der Waals surface area (Å²) in [6, 6.07) is 7.02. The maximum absolute atomic E-state index is 12.4. The number of nitrogens with zero attached hydrogens (tertiary/aromatic N) is 1. The fraction of sp³-hybridized carbons (Fsp3) is 0.636. The summed E-state index contributed by atoms with van der Waals surface area (Å²) in [5, 5.41) is 0. The lowest BCUT2D eigenvalue weighted by Crippen LogP contribution is -2.30. The van der Waals surface area contributed by atoms with E-state index in [0.717, 1.165) is 51.4 Å². The van der Waals surface area contributed by atoms with Crippen molar-refractivity contribution in [3.05, 3.63) is 35.4 Å². The molecule has 1 aromatic carbocycles. The fourth-order valence-corrected chi connectivity index (χ4v) is 5.37. The summed E-state index contributed by atoms with van der Waals surface area (Å²) in [6.07, 6.45) is 8.72. The highest BCUT2D eigenvalue weighted by Gasteiger charge is 2.34. The number of unbranched alkanes of at least 4 members (excludes halogenated alkanes) is 7. The second-order valence-corrected chi connectivity index (χ2v) is 9.49. The molecule has 0 spiro atoms. The van der Waals surface area contributed by atoms with Gasteiger partial charge in [0.2, 0.25) is 0 Å². The van der Waals surface area contributed by atoms with Gasteiger partial charge in [-0.3, -0.25) is 19.1 Å². The molecule has 0 aliphatic carbocycles. The van der Waals surface area contributed by atoms with Gasteiger partial charge < -0.3 is 9.05 Å². The Bertz CT molecular complexity index is 676. The average molecular weight is 423 g/mol. The van der Waals surface area contributed by atoms with Gasteiger partial charge in [-0.2, -0.15) is 0 Å². The molecule has 0 atom stereocenters. The molecule has 29 heavy (non-hydrogen) atoms. The smallest absolute Gasteiger partial charge is 0.309 e. The van der Waals surface area contributed by atoms with Crippen molar-refractivity contribution in [3.8, 4) is 0 Å². The molecule has 6 nitrogen and oxygen atoms in total. The van der Waals surface area contributed by atoms with Gasteiger partial charge in [-0.05, 0) is 38.8 Å². The van der Waals surface area contributed by atoms with E-state index in [-0.39, 0.29) is 11.8 Å². The number of carbonyl (C=O) groups excluding carboxylic acids is 2. The predicted molar refractivity (Wildman–Crippen MR) is 114 cm³/mol. The second-order valence-electron chi connectivity index (χ2n) is 7.31. The van der Waals surface area contributed by atoms with Crippen molar-refractivity contribution in [1.29, 1.82) is 0 Å². The summed E-state index contributed by atoms with van der Waals surface area (Å²) in [5.41, 5.74) is 1.05. The van der Waals surface area contributed by atoms with Crippen molar-refractivity contribution in [3.63, 3.8) is 0 Å². The number of hydrogen-bond donors (Lipinski definition) is 0. The van der Waals surface area contributed by atoms with E-state index in [4.69, 9.17) is 9.05 Å². The van der Waals surface area contributed by atoms with Crippen molar-refractivity contribution >= 4 is 19.4 Å². The Morgan fingerprint density at radius 3 is 1.69 bits per heavy atom. The normalized spacial score (nSPS) is 13.9. The Hall–Kier alpha value is -1.49. The molecule has 1 heterocycles. The van der Waals surface area contributed by atoms with E-state index in [9.17, 15) is 14.2 Å². The minimum Gasteiger partial charge on any atom is -0.309 e. The molecule has 0 saturated carbocycles. The molecule has 2 amide bonds. The first kappa shape index (κ1) is 23.8. The van der Waals surface area contributed by atoms with Gasteiger partial charge in [0.1, 0.15) is 0 Å². The van der Waals surface area contributed by atoms with Gasteiger partial charge in [-0.1, -0.05) is 50.7 Å². The number of amides is 2. The molecule has 1 aliphatic heterocycles. The van der Waals surface area contributed by atoms with Gasteiger partial charge in [-0.15, -0.1) is 0 Å². The molecule has 7 heteroatoms. The Morgan fingerprint density at radius 2 is 1.21 bits per heavy atom. The van der Waals surface area contributed by atoms with Gasteiger partial charge in [-0.25, -0.2) is 0 Å². The van der Waals surface area contributed by atoms with Crippen LogP contribution in [0.3, 0.4) is 0 Å². The zero-order chi connectivity index (χ0) is 21.1. The third-order valence-corrected chi connectivity index (χ3v) is 7.26. The molecule has 0 N–H and O–H groups in total. The Kier molecular flexibility index (Phi) is 10.1. The third-order valence-electron chi connectivity index (χ3n) is 5.09. The van der Waals surface area contributed by atoms with Crippen LogP contribution in [0, 0.1) is 0 Å². The number of rotatable bonds is 15. The summed E-state index contributed by atoms with van der Waals surface area (Å²) in [7, 11) is -2.89. The van der Waals surface area contributed by atoms with Crippen molar-refractivity contribution in [2.24, 2.45) is 0 Å². The molecule has 2 rings (SSSR count). The maximum Gasteiger partial charge on any atom is 0.330 e. The quantitative estimate of drug-likeness (QED) is 0.206. The Balaban J connectivity index is 1.51. The van der Waals surface area contributed by atoms with Crippen LogP contribution >= 0.6 is 7.60 Å². The predicted octanol–water partition coefficient (Wildman–Crippen LogP) is 5.67. The van der Waals surface area contributed by atoms with Crippen LogP contribution in [0.15, 0.2) is 24.3 Å². The van der Waals surface area contributed by atoms with Crippen LogP contribution in [-0.4, -0.2) is 42.6 Å². The van der Waals surface area contributed by atoms with Gasteiger partial charge in [0.25, 0.3) is 11.8 Å². The summed E-state index contributed by atoms with van der Waals surface area (Å²) < 4.78 is 23.0. The summed E-state index contributed by atoms with van der Waals surface area (Å²) >= 11 is 0. The third kappa shape index (κ3) is 7.06.